The fourth-order valence-corrected chi connectivity index (χ4v) is 2.49. The molecule has 2 atom stereocenters. The van der Waals surface area contributed by atoms with Gasteiger partial charge in [0.2, 0.25) is 0 Å². The first kappa shape index (κ1) is 15.2. The molecule has 1 saturated heterocycles. The van der Waals surface area contributed by atoms with Gasteiger partial charge in [0.1, 0.15) is 11.5 Å². The highest BCUT2D eigenvalue weighted by molar-refractivity contribution is 5.90. The number of aromatic carboxylic acids is 1. The third kappa shape index (κ3) is 3.10. The Morgan fingerprint density at radius 3 is 2.48 bits per heavy atom. The van der Waals surface area contributed by atoms with Crippen LogP contribution in [0.1, 0.15) is 24.2 Å². The molecule has 0 aromatic heterocycles. The summed E-state index contributed by atoms with van der Waals surface area (Å²) in [5.74, 6) is -2.58. The van der Waals surface area contributed by atoms with Gasteiger partial charge < -0.3 is 14.7 Å². The normalized spacial score (nSPS) is 22.1. The molecule has 1 heterocycles. The Bertz CT molecular complexity index is 582. The maximum Gasteiger partial charge on any atom is 0.338 e. The highest BCUT2D eigenvalue weighted by atomic mass is 19.1. The minimum atomic E-state index is -1.46. The molecule has 1 aromatic carbocycles. The largest absolute Gasteiger partial charge is 0.478 e. The molecule has 8 heteroatoms. The summed E-state index contributed by atoms with van der Waals surface area (Å²) in [7, 11) is 0. The number of carboxylic acids is 1. The van der Waals surface area contributed by atoms with Crippen LogP contribution in [0.2, 0.25) is 0 Å². The van der Waals surface area contributed by atoms with E-state index in [1.54, 1.807) is 4.90 Å². The molecule has 21 heavy (non-hydrogen) atoms. The summed E-state index contributed by atoms with van der Waals surface area (Å²) in [6.07, 6.45) is -0.321. The molecule has 0 amide bonds. The zero-order valence-electron chi connectivity index (χ0n) is 11.6. The molecule has 0 aliphatic carbocycles. The number of hydrogen-bond donors (Lipinski definition) is 1. The van der Waals surface area contributed by atoms with Gasteiger partial charge in [-0.05, 0) is 19.9 Å². The van der Waals surface area contributed by atoms with Gasteiger partial charge in [0.25, 0.3) is 5.69 Å². The number of morpholine rings is 1. The summed E-state index contributed by atoms with van der Waals surface area (Å²) < 4.78 is 19.2. The van der Waals surface area contributed by atoms with E-state index >= 15 is 0 Å². The Hall–Kier alpha value is -2.22. The van der Waals surface area contributed by atoms with Gasteiger partial charge in [0.05, 0.1) is 28.8 Å². The average molecular weight is 298 g/mol. The Kier molecular flexibility index (Phi) is 4.08. The number of ether oxygens (including phenoxy) is 1. The van der Waals surface area contributed by atoms with Crippen molar-refractivity contribution >= 4 is 17.3 Å². The third-order valence-electron chi connectivity index (χ3n) is 3.25. The van der Waals surface area contributed by atoms with Crippen molar-refractivity contribution in [3.8, 4) is 0 Å². The predicted octanol–water partition coefficient (Wildman–Crippen LogP) is 2.05. The van der Waals surface area contributed by atoms with Crippen molar-refractivity contribution in [1.29, 1.82) is 0 Å². The number of carboxylic acid groups (broad SMARTS) is 1. The molecule has 0 spiro atoms. The van der Waals surface area contributed by atoms with Crippen molar-refractivity contribution in [2.24, 2.45) is 0 Å². The van der Waals surface area contributed by atoms with E-state index in [0.717, 1.165) is 6.07 Å². The number of carbonyl (C=O) groups is 1. The molecule has 2 unspecified atom stereocenters. The maximum absolute atomic E-state index is 13.6. The fraction of sp³-hybridized carbons (Fsp3) is 0.462. The van der Waals surface area contributed by atoms with Crippen LogP contribution in [0.15, 0.2) is 12.1 Å². The number of rotatable bonds is 3. The number of halogens is 1. The highest BCUT2D eigenvalue weighted by Gasteiger charge is 2.30. The van der Waals surface area contributed by atoms with Gasteiger partial charge in [-0.2, -0.15) is 0 Å². The molecule has 1 fully saturated rings. The molecule has 1 N–H and O–H groups in total. The van der Waals surface area contributed by atoms with Crippen molar-refractivity contribution < 1.29 is 24.0 Å². The summed E-state index contributed by atoms with van der Waals surface area (Å²) in [5.41, 5.74) is -0.929. The number of nitro groups is 1. The van der Waals surface area contributed by atoms with Crippen LogP contribution in [-0.4, -0.2) is 41.3 Å². The Morgan fingerprint density at radius 2 is 2.00 bits per heavy atom. The summed E-state index contributed by atoms with van der Waals surface area (Å²) >= 11 is 0. The van der Waals surface area contributed by atoms with E-state index < -0.39 is 28.0 Å². The van der Waals surface area contributed by atoms with Crippen LogP contribution in [0.25, 0.3) is 0 Å². The van der Waals surface area contributed by atoms with E-state index in [1.807, 2.05) is 13.8 Å². The van der Waals surface area contributed by atoms with Crippen molar-refractivity contribution in [2.75, 3.05) is 18.0 Å². The van der Waals surface area contributed by atoms with E-state index in [0.29, 0.717) is 19.2 Å². The van der Waals surface area contributed by atoms with Gasteiger partial charge in [0.15, 0.2) is 0 Å². The number of nitrogens with zero attached hydrogens (tertiary/aromatic N) is 2. The highest BCUT2D eigenvalue weighted by Crippen LogP contribution is 2.33. The van der Waals surface area contributed by atoms with Crippen LogP contribution in [0, 0.1) is 15.9 Å². The van der Waals surface area contributed by atoms with Crippen LogP contribution in [0.5, 0.6) is 0 Å². The molecular weight excluding hydrogens is 283 g/mol. The molecule has 1 aliphatic rings. The zero-order valence-corrected chi connectivity index (χ0v) is 11.6. The first-order valence-electron chi connectivity index (χ1n) is 6.41. The SMILES string of the molecule is CC1CN(c2cc(C(=O)O)c(F)cc2[N+](=O)[O-])CC(C)O1. The molecule has 0 radical (unpaired) electrons. The number of anilines is 1. The fourth-order valence-electron chi connectivity index (χ4n) is 2.49. The average Bonchev–Trinajstić information content (AvgIpc) is 2.36. The molecule has 1 aromatic rings. The quantitative estimate of drug-likeness (QED) is 0.678. The van der Waals surface area contributed by atoms with E-state index in [2.05, 4.69) is 0 Å². The summed E-state index contributed by atoms with van der Waals surface area (Å²) in [6, 6.07) is 1.67. The van der Waals surface area contributed by atoms with Gasteiger partial charge in [0, 0.05) is 13.1 Å². The van der Waals surface area contributed by atoms with Gasteiger partial charge in [-0.15, -0.1) is 0 Å². The van der Waals surface area contributed by atoms with Crippen LogP contribution < -0.4 is 4.90 Å². The lowest BCUT2D eigenvalue weighted by Gasteiger charge is -2.36. The first-order chi connectivity index (χ1) is 9.79. The van der Waals surface area contributed by atoms with Gasteiger partial charge >= 0.3 is 5.97 Å². The minimum absolute atomic E-state index is 0.0980. The van der Waals surface area contributed by atoms with Crippen LogP contribution in [0.4, 0.5) is 15.8 Å². The second-order valence-electron chi connectivity index (χ2n) is 5.05. The van der Waals surface area contributed by atoms with Crippen molar-refractivity contribution in [3.05, 3.63) is 33.6 Å². The maximum atomic E-state index is 13.6. The van der Waals surface area contributed by atoms with E-state index in [4.69, 9.17) is 9.84 Å². The summed E-state index contributed by atoms with van der Waals surface area (Å²) in [5, 5.41) is 20.1. The second kappa shape index (κ2) is 5.65. The van der Waals surface area contributed by atoms with Crippen LogP contribution in [0.3, 0.4) is 0 Å². The second-order valence-corrected chi connectivity index (χ2v) is 5.05. The molecule has 114 valence electrons. The molecule has 7 nitrogen and oxygen atoms in total. The molecule has 1 aliphatic heterocycles. The molecule has 0 bridgehead atoms. The predicted molar refractivity (Wildman–Crippen MR) is 72.2 cm³/mol. The standard InChI is InChI=1S/C13H15FN2O5/c1-7-5-15(6-8(2)21-7)11-3-9(13(17)18)10(14)4-12(11)16(19)20/h3-4,7-8H,5-6H2,1-2H3,(H,17,18). The Balaban J connectivity index is 2.51. The van der Waals surface area contributed by atoms with Gasteiger partial charge in [-0.1, -0.05) is 0 Å². The van der Waals surface area contributed by atoms with Crippen LogP contribution in [-0.2, 0) is 4.74 Å². The minimum Gasteiger partial charge on any atom is -0.478 e. The summed E-state index contributed by atoms with van der Waals surface area (Å²) in [6.45, 7) is 4.37. The Morgan fingerprint density at radius 1 is 1.43 bits per heavy atom. The molecule has 0 saturated carbocycles. The third-order valence-corrected chi connectivity index (χ3v) is 3.25. The van der Waals surface area contributed by atoms with E-state index in [-0.39, 0.29) is 17.9 Å². The number of nitro benzene ring substituents is 1. The monoisotopic (exact) mass is 298 g/mol. The van der Waals surface area contributed by atoms with Crippen molar-refractivity contribution in [1.82, 2.24) is 0 Å². The first-order valence-corrected chi connectivity index (χ1v) is 6.41. The topological polar surface area (TPSA) is 92.9 Å². The van der Waals surface area contributed by atoms with Gasteiger partial charge in [-0.3, -0.25) is 10.1 Å². The molecular formula is C13H15FN2O5. The smallest absolute Gasteiger partial charge is 0.338 e. The molecule has 2 rings (SSSR count). The lowest BCUT2D eigenvalue weighted by molar-refractivity contribution is -0.384. The van der Waals surface area contributed by atoms with E-state index in [1.165, 1.54) is 0 Å². The Labute approximate surface area is 120 Å². The van der Waals surface area contributed by atoms with Crippen LogP contribution >= 0.6 is 0 Å². The lowest BCUT2D eigenvalue weighted by Crippen LogP contribution is -2.45. The number of benzene rings is 1. The van der Waals surface area contributed by atoms with Gasteiger partial charge in [-0.25, -0.2) is 9.18 Å². The zero-order chi connectivity index (χ0) is 15.7. The van der Waals surface area contributed by atoms with E-state index in [9.17, 15) is 19.3 Å². The van der Waals surface area contributed by atoms with Crippen molar-refractivity contribution in [2.45, 2.75) is 26.1 Å². The van der Waals surface area contributed by atoms with Crippen molar-refractivity contribution in [3.63, 3.8) is 0 Å². The lowest BCUT2D eigenvalue weighted by atomic mass is 10.1. The number of hydrogen-bond acceptors (Lipinski definition) is 5. The summed E-state index contributed by atoms with van der Waals surface area (Å²) in [4.78, 5) is 23.1.